The minimum absolute atomic E-state index is 0.136. The first-order valence-corrected chi connectivity index (χ1v) is 11.1. The maximum absolute atomic E-state index is 13.1. The summed E-state index contributed by atoms with van der Waals surface area (Å²) in [5.41, 5.74) is 2.09. The fourth-order valence-corrected chi connectivity index (χ4v) is 4.64. The van der Waals surface area contributed by atoms with Gasteiger partial charge in [0.2, 0.25) is 5.91 Å². The average molecular weight is 447 g/mol. The van der Waals surface area contributed by atoms with Crippen LogP contribution in [0.5, 0.6) is 5.75 Å². The Kier molecular flexibility index (Phi) is 5.53. The lowest BCUT2D eigenvalue weighted by Crippen LogP contribution is -2.45. The summed E-state index contributed by atoms with van der Waals surface area (Å²) in [5, 5.41) is 14.4. The number of amides is 2. The Balaban J connectivity index is 1.34. The molecule has 170 valence electrons. The zero-order chi connectivity index (χ0) is 22.8. The van der Waals surface area contributed by atoms with E-state index in [4.69, 9.17) is 4.74 Å². The van der Waals surface area contributed by atoms with Gasteiger partial charge in [-0.05, 0) is 40.6 Å². The van der Waals surface area contributed by atoms with Gasteiger partial charge in [-0.2, -0.15) is 0 Å². The van der Waals surface area contributed by atoms with Gasteiger partial charge in [-0.15, -0.1) is 5.10 Å². The number of tetrazole rings is 1. The molecule has 2 aliphatic heterocycles. The summed E-state index contributed by atoms with van der Waals surface area (Å²) in [6, 6.07) is 15.1. The summed E-state index contributed by atoms with van der Waals surface area (Å²) in [6.45, 7) is 1.18. The minimum atomic E-state index is -0.470. The molecule has 2 atom stereocenters. The van der Waals surface area contributed by atoms with Crippen molar-refractivity contribution in [1.29, 1.82) is 0 Å². The molecule has 0 saturated carbocycles. The number of hydrogen-bond acceptors (Lipinski definition) is 6. The highest BCUT2D eigenvalue weighted by molar-refractivity contribution is 5.94. The monoisotopic (exact) mass is 446 g/mol. The molecule has 33 heavy (non-hydrogen) atoms. The van der Waals surface area contributed by atoms with Gasteiger partial charge in [0.15, 0.2) is 0 Å². The SMILES string of the molecule is CN1CC[C@@]2(CCC1=O)C[C@@H](NC(=O)c1ccc(Cn3cnnn3)cc1)c1ccccc1O2. The molecule has 2 aromatic carbocycles. The van der Waals surface area contributed by atoms with E-state index in [9.17, 15) is 9.59 Å². The summed E-state index contributed by atoms with van der Waals surface area (Å²) in [6.07, 6.45) is 4.01. The Bertz CT molecular complexity index is 1150. The van der Waals surface area contributed by atoms with Crippen LogP contribution in [0.2, 0.25) is 0 Å². The molecular weight excluding hydrogens is 420 g/mol. The molecule has 9 heteroatoms. The van der Waals surface area contributed by atoms with Crippen molar-refractivity contribution in [2.75, 3.05) is 13.6 Å². The van der Waals surface area contributed by atoms with E-state index in [1.807, 2.05) is 55.6 Å². The van der Waals surface area contributed by atoms with Crippen molar-refractivity contribution in [3.05, 3.63) is 71.5 Å². The first-order chi connectivity index (χ1) is 16.0. The van der Waals surface area contributed by atoms with Crippen LogP contribution in [0.15, 0.2) is 54.9 Å². The molecule has 9 nitrogen and oxygen atoms in total. The van der Waals surface area contributed by atoms with Crippen LogP contribution in [0.1, 0.15) is 53.2 Å². The van der Waals surface area contributed by atoms with Gasteiger partial charge in [-0.25, -0.2) is 4.68 Å². The van der Waals surface area contributed by atoms with E-state index in [-0.39, 0.29) is 17.9 Å². The molecule has 1 saturated heterocycles. The minimum Gasteiger partial charge on any atom is -0.487 e. The van der Waals surface area contributed by atoms with Gasteiger partial charge in [0.25, 0.3) is 5.91 Å². The second-order valence-electron chi connectivity index (χ2n) is 8.82. The van der Waals surface area contributed by atoms with Crippen LogP contribution in [0.4, 0.5) is 0 Å². The van der Waals surface area contributed by atoms with Gasteiger partial charge < -0.3 is 15.0 Å². The van der Waals surface area contributed by atoms with Crippen LogP contribution in [0.25, 0.3) is 0 Å². The molecule has 0 aliphatic carbocycles. The highest BCUT2D eigenvalue weighted by Gasteiger charge is 2.43. The molecular formula is C24H26N6O3. The number of nitrogens with zero attached hydrogens (tertiary/aromatic N) is 5. The van der Waals surface area contributed by atoms with Crippen molar-refractivity contribution in [3.8, 4) is 5.75 Å². The van der Waals surface area contributed by atoms with E-state index in [0.717, 1.165) is 23.3 Å². The third kappa shape index (κ3) is 4.44. The fourth-order valence-electron chi connectivity index (χ4n) is 4.64. The van der Waals surface area contributed by atoms with E-state index >= 15 is 0 Å². The maximum Gasteiger partial charge on any atom is 0.251 e. The number of fused-ring (bicyclic) bond motifs is 1. The number of para-hydroxylation sites is 1. The molecule has 1 fully saturated rings. The number of carbonyl (C=O) groups excluding carboxylic acids is 2. The number of rotatable bonds is 4. The smallest absolute Gasteiger partial charge is 0.251 e. The summed E-state index contributed by atoms with van der Waals surface area (Å²) in [5.74, 6) is 0.780. The van der Waals surface area contributed by atoms with Crippen molar-refractivity contribution in [2.45, 2.75) is 43.9 Å². The highest BCUT2D eigenvalue weighted by Crippen LogP contribution is 2.44. The van der Waals surface area contributed by atoms with Crippen LogP contribution in [0, 0.1) is 0 Å². The second-order valence-corrected chi connectivity index (χ2v) is 8.82. The average Bonchev–Trinajstić information content (AvgIpc) is 3.30. The number of hydrogen-bond donors (Lipinski definition) is 1. The Labute approximate surface area is 191 Å². The van der Waals surface area contributed by atoms with Crippen LogP contribution in [-0.4, -0.2) is 56.1 Å². The normalized spacial score (nSPS) is 22.4. The van der Waals surface area contributed by atoms with Gasteiger partial charge in [-0.3, -0.25) is 9.59 Å². The predicted molar refractivity (Wildman–Crippen MR) is 119 cm³/mol. The Morgan fingerprint density at radius 3 is 2.79 bits per heavy atom. The van der Waals surface area contributed by atoms with E-state index in [2.05, 4.69) is 20.8 Å². The first kappa shape index (κ1) is 21.1. The van der Waals surface area contributed by atoms with Crippen LogP contribution in [-0.2, 0) is 11.3 Å². The summed E-state index contributed by atoms with van der Waals surface area (Å²) < 4.78 is 8.10. The lowest BCUT2D eigenvalue weighted by atomic mass is 9.82. The van der Waals surface area contributed by atoms with Crippen molar-refractivity contribution in [2.24, 2.45) is 0 Å². The first-order valence-electron chi connectivity index (χ1n) is 11.1. The van der Waals surface area contributed by atoms with Gasteiger partial charge in [0.1, 0.15) is 17.7 Å². The van der Waals surface area contributed by atoms with E-state index < -0.39 is 5.60 Å². The second kappa shape index (κ2) is 8.65. The Hall–Kier alpha value is -3.75. The lowest BCUT2D eigenvalue weighted by molar-refractivity contribution is -0.129. The molecule has 0 unspecified atom stereocenters. The number of likely N-dealkylation sites (tertiary alicyclic amines) is 1. The van der Waals surface area contributed by atoms with E-state index in [1.54, 1.807) is 15.9 Å². The van der Waals surface area contributed by atoms with Crippen molar-refractivity contribution in [1.82, 2.24) is 30.4 Å². The molecule has 1 spiro atoms. The molecule has 5 rings (SSSR count). The number of carbonyl (C=O) groups is 2. The van der Waals surface area contributed by atoms with Gasteiger partial charge >= 0.3 is 0 Å². The van der Waals surface area contributed by atoms with Gasteiger partial charge in [0.05, 0.1) is 12.6 Å². The fraction of sp³-hybridized carbons (Fsp3) is 0.375. The summed E-state index contributed by atoms with van der Waals surface area (Å²) in [7, 11) is 1.83. The lowest BCUT2D eigenvalue weighted by Gasteiger charge is -2.42. The zero-order valence-electron chi connectivity index (χ0n) is 18.5. The van der Waals surface area contributed by atoms with Gasteiger partial charge in [0, 0.05) is 44.0 Å². The largest absolute Gasteiger partial charge is 0.487 e. The Morgan fingerprint density at radius 1 is 1.18 bits per heavy atom. The quantitative estimate of drug-likeness (QED) is 0.660. The molecule has 2 aliphatic rings. The topological polar surface area (TPSA) is 102 Å². The third-order valence-corrected chi connectivity index (χ3v) is 6.58. The maximum atomic E-state index is 13.1. The number of aromatic nitrogens is 4. The summed E-state index contributed by atoms with van der Waals surface area (Å²) >= 11 is 0. The molecule has 2 amide bonds. The van der Waals surface area contributed by atoms with Crippen molar-refractivity contribution in [3.63, 3.8) is 0 Å². The third-order valence-electron chi connectivity index (χ3n) is 6.58. The molecule has 1 aromatic heterocycles. The zero-order valence-corrected chi connectivity index (χ0v) is 18.5. The number of benzene rings is 2. The van der Waals surface area contributed by atoms with E-state index in [0.29, 0.717) is 37.9 Å². The molecule has 3 aromatic rings. The standard InChI is InChI=1S/C24H26N6O3/c1-29-13-12-24(11-10-22(29)31)14-20(19-4-2-3-5-21(19)33-24)26-23(32)18-8-6-17(7-9-18)15-30-16-25-27-28-30/h2-9,16,20H,10-15H2,1H3,(H,26,32)/t20-,24+/m1/s1. The molecule has 0 radical (unpaired) electrons. The highest BCUT2D eigenvalue weighted by atomic mass is 16.5. The predicted octanol–water partition coefficient (Wildman–Crippen LogP) is 2.36. The van der Waals surface area contributed by atoms with Crippen molar-refractivity contribution >= 4 is 11.8 Å². The number of nitrogens with one attached hydrogen (secondary N) is 1. The van der Waals surface area contributed by atoms with Crippen LogP contribution < -0.4 is 10.1 Å². The van der Waals surface area contributed by atoms with Crippen LogP contribution >= 0.6 is 0 Å². The Morgan fingerprint density at radius 2 is 2.00 bits per heavy atom. The van der Waals surface area contributed by atoms with Gasteiger partial charge in [-0.1, -0.05) is 30.3 Å². The summed E-state index contributed by atoms with van der Waals surface area (Å²) in [4.78, 5) is 27.2. The van der Waals surface area contributed by atoms with E-state index in [1.165, 1.54) is 0 Å². The van der Waals surface area contributed by atoms with Crippen molar-refractivity contribution < 1.29 is 14.3 Å². The molecule has 3 heterocycles. The molecule has 1 N–H and O–H groups in total. The van der Waals surface area contributed by atoms with Crippen LogP contribution in [0.3, 0.4) is 0 Å². The molecule has 0 bridgehead atoms. The number of ether oxygens (including phenoxy) is 1.